The van der Waals surface area contributed by atoms with Gasteiger partial charge in [-0.1, -0.05) is 42.0 Å². The predicted octanol–water partition coefficient (Wildman–Crippen LogP) is 4.44. The zero-order chi connectivity index (χ0) is 17.7. The summed E-state index contributed by atoms with van der Waals surface area (Å²) in [6.07, 6.45) is 7.16. The minimum Gasteiger partial charge on any atom is -0.403 e. The Morgan fingerprint density at radius 3 is 2.36 bits per heavy atom. The van der Waals surface area contributed by atoms with Gasteiger partial charge in [-0.3, -0.25) is 4.90 Å². The zero-order valence-electron chi connectivity index (χ0n) is 16.0. The van der Waals surface area contributed by atoms with Gasteiger partial charge in [0.25, 0.3) is 0 Å². The predicted molar refractivity (Wildman–Crippen MR) is 102 cm³/mol. The molecule has 2 unspecified atom stereocenters. The van der Waals surface area contributed by atoms with E-state index in [0.29, 0.717) is 12.1 Å². The molecule has 0 radical (unpaired) electrons. The summed E-state index contributed by atoms with van der Waals surface area (Å²) < 4.78 is 12.4. The number of fused-ring (bicyclic) bond motifs is 2. The summed E-state index contributed by atoms with van der Waals surface area (Å²) in [6.45, 7) is 9.60. The molecule has 0 aromatic heterocycles. The van der Waals surface area contributed by atoms with Crippen molar-refractivity contribution in [1.29, 1.82) is 0 Å². The number of nitrogens with zero attached hydrogens (tertiary/aromatic N) is 1. The van der Waals surface area contributed by atoms with E-state index in [-0.39, 0.29) is 18.3 Å². The summed E-state index contributed by atoms with van der Waals surface area (Å²) in [5.74, 6) is 0. The Bertz CT molecular complexity index is 639. The Morgan fingerprint density at radius 2 is 1.72 bits per heavy atom. The molecule has 2 fully saturated rings. The summed E-state index contributed by atoms with van der Waals surface area (Å²) in [5.41, 5.74) is 2.48. The number of hydrogen-bond donors (Lipinski definition) is 0. The van der Waals surface area contributed by atoms with E-state index in [1.807, 2.05) is 0 Å². The molecule has 25 heavy (non-hydrogen) atoms. The van der Waals surface area contributed by atoms with E-state index in [0.717, 1.165) is 19.3 Å². The van der Waals surface area contributed by atoms with Crippen LogP contribution in [0.15, 0.2) is 42.0 Å². The minimum absolute atomic E-state index is 0.101. The second kappa shape index (κ2) is 6.26. The fourth-order valence-electron chi connectivity index (χ4n) is 4.46. The topological polar surface area (TPSA) is 21.7 Å². The summed E-state index contributed by atoms with van der Waals surface area (Å²) >= 11 is 0. The van der Waals surface area contributed by atoms with Gasteiger partial charge in [-0.05, 0) is 52.5 Å². The summed E-state index contributed by atoms with van der Waals surface area (Å²) in [5, 5.41) is 0. The molecule has 0 saturated carbocycles. The highest BCUT2D eigenvalue weighted by atomic mass is 16.7. The van der Waals surface area contributed by atoms with E-state index in [1.54, 1.807) is 0 Å². The number of rotatable bonds is 4. The molecule has 134 valence electrons. The Balaban J connectivity index is 1.42. The quantitative estimate of drug-likeness (QED) is 0.598. The maximum absolute atomic E-state index is 6.20. The fraction of sp³-hybridized carbons (Fsp3) is 0.619. The molecule has 0 spiro atoms. The summed E-state index contributed by atoms with van der Waals surface area (Å²) in [4.78, 5) is 2.68. The van der Waals surface area contributed by atoms with E-state index >= 15 is 0 Å². The lowest BCUT2D eigenvalue weighted by Gasteiger charge is -2.34. The van der Waals surface area contributed by atoms with Crippen LogP contribution in [0, 0.1) is 0 Å². The van der Waals surface area contributed by atoms with E-state index in [9.17, 15) is 0 Å². The average Bonchev–Trinajstić information content (AvgIpc) is 2.88. The third kappa shape index (κ3) is 3.32. The second-order valence-electron chi connectivity index (χ2n) is 8.88. The first-order chi connectivity index (χ1) is 11.8. The van der Waals surface area contributed by atoms with Crippen LogP contribution >= 0.6 is 0 Å². The average molecular weight is 339 g/mol. The van der Waals surface area contributed by atoms with Crippen molar-refractivity contribution in [3.8, 4) is 0 Å². The molecular weight excluding hydrogens is 309 g/mol. The number of hydrogen-bond acceptors (Lipinski definition) is 3. The maximum atomic E-state index is 6.20. The molecule has 3 nitrogen and oxygen atoms in total. The van der Waals surface area contributed by atoms with Crippen molar-refractivity contribution < 1.29 is 9.31 Å². The largest absolute Gasteiger partial charge is 0.462 e. The highest BCUT2D eigenvalue weighted by Gasteiger charge is 2.51. The normalized spacial score (nSPS) is 30.6. The molecule has 0 amide bonds. The Kier molecular flexibility index (Phi) is 4.34. The standard InChI is InChI=1S/C21H30BNO2/c1-20(2)21(3,4)25-22(24-20)14-17-12-18-10-11-19(13-17)23(18)15-16-8-6-5-7-9-16/h5-9,12,18-19H,10-11,13-15H2,1-4H3. The van der Waals surface area contributed by atoms with Gasteiger partial charge in [0.1, 0.15) is 0 Å². The number of benzene rings is 1. The first kappa shape index (κ1) is 17.3. The molecule has 3 aliphatic rings. The van der Waals surface area contributed by atoms with Crippen molar-refractivity contribution in [3.05, 3.63) is 47.5 Å². The third-order valence-corrected chi connectivity index (χ3v) is 6.56. The Labute approximate surface area is 152 Å². The van der Waals surface area contributed by atoms with Crippen LogP contribution < -0.4 is 0 Å². The van der Waals surface area contributed by atoms with Crippen LogP contribution in [0.5, 0.6) is 0 Å². The molecule has 2 saturated heterocycles. The van der Waals surface area contributed by atoms with Crippen LogP contribution in [0.1, 0.15) is 52.5 Å². The summed E-state index contributed by atoms with van der Waals surface area (Å²) in [6, 6.07) is 12.1. The second-order valence-corrected chi connectivity index (χ2v) is 8.88. The molecule has 2 atom stereocenters. The molecule has 4 heteroatoms. The van der Waals surface area contributed by atoms with Crippen LogP contribution in [-0.2, 0) is 15.9 Å². The minimum atomic E-state index is -0.231. The Morgan fingerprint density at radius 1 is 1.04 bits per heavy atom. The van der Waals surface area contributed by atoms with Crippen LogP contribution in [0.25, 0.3) is 0 Å². The fourth-order valence-corrected chi connectivity index (χ4v) is 4.46. The lowest BCUT2D eigenvalue weighted by molar-refractivity contribution is 0.00578. The van der Waals surface area contributed by atoms with Crippen molar-refractivity contribution in [2.45, 2.75) is 83.1 Å². The first-order valence-corrected chi connectivity index (χ1v) is 9.69. The van der Waals surface area contributed by atoms with Crippen LogP contribution in [-0.4, -0.2) is 35.3 Å². The Hall–Kier alpha value is -1.10. The SMILES string of the molecule is CC1(C)OB(CC2=CC3CCC(C2)N3Cc2ccccc2)OC1(C)C. The van der Waals surface area contributed by atoms with Gasteiger partial charge in [0.05, 0.1) is 11.2 Å². The van der Waals surface area contributed by atoms with Crippen molar-refractivity contribution in [3.63, 3.8) is 0 Å². The molecular formula is C21H30BNO2. The van der Waals surface area contributed by atoms with Gasteiger partial charge in [0.15, 0.2) is 0 Å². The van der Waals surface area contributed by atoms with Crippen molar-refractivity contribution in [1.82, 2.24) is 4.90 Å². The molecule has 3 heterocycles. The van der Waals surface area contributed by atoms with Gasteiger partial charge in [-0.2, -0.15) is 0 Å². The lowest BCUT2D eigenvalue weighted by Crippen LogP contribution is -2.41. The van der Waals surface area contributed by atoms with E-state index in [2.05, 4.69) is 69.0 Å². The van der Waals surface area contributed by atoms with Gasteiger partial charge in [-0.15, -0.1) is 0 Å². The molecule has 2 bridgehead atoms. The van der Waals surface area contributed by atoms with E-state index in [4.69, 9.17) is 9.31 Å². The smallest absolute Gasteiger partial charge is 0.403 e. The first-order valence-electron chi connectivity index (χ1n) is 9.69. The summed E-state index contributed by atoms with van der Waals surface area (Å²) in [7, 11) is -0.101. The lowest BCUT2D eigenvalue weighted by atomic mass is 9.77. The monoisotopic (exact) mass is 339 g/mol. The van der Waals surface area contributed by atoms with E-state index < -0.39 is 0 Å². The van der Waals surface area contributed by atoms with Gasteiger partial charge in [-0.25, -0.2) is 0 Å². The molecule has 0 N–H and O–H groups in total. The van der Waals surface area contributed by atoms with Crippen LogP contribution in [0.3, 0.4) is 0 Å². The van der Waals surface area contributed by atoms with Crippen molar-refractivity contribution >= 4 is 7.12 Å². The highest BCUT2D eigenvalue weighted by Crippen LogP contribution is 2.41. The van der Waals surface area contributed by atoms with Gasteiger partial charge in [0.2, 0.25) is 0 Å². The van der Waals surface area contributed by atoms with Crippen LogP contribution in [0.4, 0.5) is 0 Å². The van der Waals surface area contributed by atoms with Crippen LogP contribution in [0.2, 0.25) is 6.32 Å². The molecule has 1 aromatic carbocycles. The molecule has 1 aromatic rings. The third-order valence-electron chi connectivity index (χ3n) is 6.56. The van der Waals surface area contributed by atoms with Crippen molar-refractivity contribution in [2.24, 2.45) is 0 Å². The molecule has 4 rings (SSSR count). The van der Waals surface area contributed by atoms with Gasteiger partial charge >= 0.3 is 7.12 Å². The van der Waals surface area contributed by atoms with Gasteiger partial charge in [0, 0.05) is 24.9 Å². The zero-order valence-corrected chi connectivity index (χ0v) is 16.0. The van der Waals surface area contributed by atoms with Gasteiger partial charge < -0.3 is 9.31 Å². The maximum Gasteiger partial charge on any atom is 0.462 e. The van der Waals surface area contributed by atoms with Crippen molar-refractivity contribution in [2.75, 3.05) is 0 Å². The molecule has 0 aliphatic carbocycles. The highest BCUT2D eigenvalue weighted by molar-refractivity contribution is 6.46. The van der Waals surface area contributed by atoms with E-state index in [1.165, 1.54) is 24.0 Å². The molecule has 3 aliphatic heterocycles.